The van der Waals surface area contributed by atoms with Gasteiger partial charge in [0.05, 0.1) is 4.90 Å². The molecule has 0 bridgehead atoms. The van der Waals surface area contributed by atoms with Crippen LogP contribution in [-0.4, -0.2) is 33.3 Å². The molecule has 0 aliphatic carbocycles. The molecule has 0 aromatic heterocycles. The van der Waals surface area contributed by atoms with Crippen LogP contribution < -0.4 is 14.2 Å². The highest BCUT2D eigenvalue weighted by molar-refractivity contribution is 7.89. The Labute approximate surface area is 115 Å². The van der Waals surface area contributed by atoms with Gasteiger partial charge < -0.3 is 14.2 Å². The maximum Gasteiger partial charge on any atom is 0.324 e. The fourth-order valence-electron chi connectivity index (χ4n) is 2.15. The quantitative estimate of drug-likeness (QED) is 0.812. The van der Waals surface area contributed by atoms with Crippen LogP contribution in [-0.2, 0) is 19.6 Å². The first-order valence-corrected chi connectivity index (χ1v) is 7.56. The summed E-state index contributed by atoms with van der Waals surface area (Å²) in [5, 5.41) is 0. The topological polar surface area (TPSA) is 90.9 Å². The number of benzene rings is 1. The van der Waals surface area contributed by atoms with E-state index >= 15 is 0 Å². The number of rotatable bonds is 3. The molecule has 0 amide bonds. The van der Waals surface area contributed by atoms with Crippen molar-refractivity contribution in [2.24, 2.45) is 0 Å². The van der Waals surface area contributed by atoms with Crippen molar-refractivity contribution in [1.29, 1.82) is 0 Å². The Morgan fingerprint density at radius 1 is 1.25 bits per heavy atom. The summed E-state index contributed by atoms with van der Waals surface area (Å²) in [5.74, 6) is 0.315. The molecule has 20 heavy (non-hydrogen) atoms. The van der Waals surface area contributed by atoms with E-state index in [9.17, 15) is 13.2 Å². The largest absolute Gasteiger partial charge is 0.461 e. The molecule has 0 unspecified atom stereocenters. The minimum atomic E-state index is -3.81. The number of carbonyl (C=O) groups is 1. The lowest BCUT2D eigenvalue weighted by Gasteiger charge is -2.10. The highest BCUT2D eigenvalue weighted by atomic mass is 32.2. The van der Waals surface area contributed by atoms with Gasteiger partial charge in [-0.2, -0.15) is 4.72 Å². The summed E-state index contributed by atoms with van der Waals surface area (Å²) in [4.78, 5) is 11.5. The van der Waals surface area contributed by atoms with Gasteiger partial charge in [-0.15, -0.1) is 0 Å². The van der Waals surface area contributed by atoms with E-state index in [1.54, 1.807) is 6.92 Å². The molecule has 0 saturated carbocycles. The van der Waals surface area contributed by atoms with Crippen LogP contribution in [0.25, 0.3) is 0 Å². The molecule has 2 atom stereocenters. The van der Waals surface area contributed by atoms with Crippen molar-refractivity contribution in [3.8, 4) is 11.5 Å². The van der Waals surface area contributed by atoms with E-state index in [-0.39, 0.29) is 17.8 Å². The monoisotopic (exact) mass is 299 g/mol. The standard InChI is InChI=1S/C12H13NO6S/c1-7-4-9(12(14)19-7)13-20(15,16)8-2-3-10-11(5-8)18-6-17-10/h2-3,5,7,9,13H,4,6H2,1H3/t7-,9+/m1/s1. The molecule has 2 aliphatic rings. The molecule has 0 radical (unpaired) electrons. The summed E-state index contributed by atoms with van der Waals surface area (Å²) < 4.78 is 42.0. The van der Waals surface area contributed by atoms with Crippen molar-refractivity contribution in [3.63, 3.8) is 0 Å². The zero-order valence-electron chi connectivity index (χ0n) is 10.7. The zero-order valence-corrected chi connectivity index (χ0v) is 11.5. The number of sulfonamides is 1. The first-order valence-electron chi connectivity index (χ1n) is 6.08. The van der Waals surface area contributed by atoms with Gasteiger partial charge in [-0.1, -0.05) is 0 Å². The van der Waals surface area contributed by atoms with Crippen LogP contribution in [0.4, 0.5) is 0 Å². The van der Waals surface area contributed by atoms with E-state index in [0.29, 0.717) is 17.9 Å². The van der Waals surface area contributed by atoms with E-state index < -0.39 is 22.0 Å². The second-order valence-corrected chi connectivity index (χ2v) is 6.39. The van der Waals surface area contributed by atoms with E-state index in [1.165, 1.54) is 18.2 Å². The van der Waals surface area contributed by atoms with Gasteiger partial charge in [0.2, 0.25) is 16.8 Å². The van der Waals surface area contributed by atoms with Crippen molar-refractivity contribution < 1.29 is 27.4 Å². The third-order valence-electron chi connectivity index (χ3n) is 3.12. The van der Waals surface area contributed by atoms with Gasteiger partial charge in [0, 0.05) is 12.5 Å². The Hall–Kier alpha value is -1.80. The molecule has 2 heterocycles. The van der Waals surface area contributed by atoms with Gasteiger partial charge in [-0.05, 0) is 19.1 Å². The van der Waals surface area contributed by atoms with Crippen LogP contribution in [0.3, 0.4) is 0 Å². The number of fused-ring (bicyclic) bond motifs is 1. The molecule has 7 nitrogen and oxygen atoms in total. The number of nitrogens with one attached hydrogen (secondary N) is 1. The number of esters is 1. The van der Waals surface area contributed by atoms with Crippen molar-refractivity contribution >= 4 is 16.0 Å². The average molecular weight is 299 g/mol. The summed E-state index contributed by atoms with van der Waals surface area (Å²) in [6, 6.07) is 3.45. The highest BCUT2D eigenvalue weighted by Crippen LogP contribution is 2.34. The van der Waals surface area contributed by atoms with Gasteiger partial charge in [0.1, 0.15) is 12.1 Å². The van der Waals surface area contributed by atoms with Gasteiger partial charge in [0.15, 0.2) is 11.5 Å². The lowest BCUT2D eigenvalue weighted by atomic mass is 10.2. The van der Waals surface area contributed by atoms with Gasteiger partial charge >= 0.3 is 5.97 Å². The third-order valence-corrected chi connectivity index (χ3v) is 4.59. The smallest absolute Gasteiger partial charge is 0.324 e. The summed E-state index contributed by atoms with van der Waals surface area (Å²) in [7, 11) is -3.81. The van der Waals surface area contributed by atoms with Gasteiger partial charge in [-0.25, -0.2) is 8.42 Å². The Morgan fingerprint density at radius 2 is 2.00 bits per heavy atom. The Balaban J connectivity index is 1.83. The molecular weight excluding hydrogens is 286 g/mol. The Morgan fingerprint density at radius 3 is 2.70 bits per heavy atom. The first kappa shape index (κ1) is 13.2. The molecule has 2 aliphatic heterocycles. The molecule has 1 fully saturated rings. The van der Waals surface area contributed by atoms with Crippen LogP contribution in [0.5, 0.6) is 11.5 Å². The zero-order chi connectivity index (χ0) is 14.3. The fraction of sp³-hybridized carbons (Fsp3) is 0.417. The molecule has 3 rings (SSSR count). The van der Waals surface area contributed by atoms with E-state index in [1.807, 2.05) is 0 Å². The molecule has 1 aromatic carbocycles. The highest BCUT2D eigenvalue weighted by Gasteiger charge is 2.35. The molecule has 1 saturated heterocycles. The third kappa shape index (κ3) is 2.32. The van der Waals surface area contributed by atoms with E-state index in [0.717, 1.165) is 0 Å². The lowest BCUT2D eigenvalue weighted by molar-refractivity contribution is -0.142. The Bertz CT molecular complexity index is 656. The van der Waals surface area contributed by atoms with Gasteiger partial charge in [-0.3, -0.25) is 4.79 Å². The summed E-state index contributed by atoms with van der Waals surface area (Å²) >= 11 is 0. The second-order valence-electron chi connectivity index (χ2n) is 4.67. The molecule has 1 aromatic rings. The maximum atomic E-state index is 12.2. The second kappa shape index (κ2) is 4.64. The van der Waals surface area contributed by atoms with E-state index in [4.69, 9.17) is 14.2 Å². The van der Waals surface area contributed by atoms with Crippen molar-refractivity contribution in [3.05, 3.63) is 18.2 Å². The average Bonchev–Trinajstić information content (AvgIpc) is 2.95. The molecule has 8 heteroatoms. The number of cyclic esters (lactones) is 1. The summed E-state index contributed by atoms with van der Waals surface area (Å²) in [5.41, 5.74) is 0. The maximum absolute atomic E-state index is 12.2. The van der Waals surface area contributed by atoms with Crippen LogP contribution in [0, 0.1) is 0 Å². The first-order chi connectivity index (χ1) is 9.45. The molecule has 0 spiro atoms. The van der Waals surface area contributed by atoms with Crippen molar-refractivity contribution in [1.82, 2.24) is 4.72 Å². The molecule has 1 N–H and O–H groups in total. The van der Waals surface area contributed by atoms with Crippen molar-refractivity contribution in [2.75, 3.05) is 6.79 Å². The fourth-order valence-corrected chi connectivity index (χ4v) is 3.36. The van der Waals surface area contributed by atoms with Crippen LogP contribution in [0.1, 0.15) is 13.3 Å². The minimum Gasteiger partial charge on any atom is -0.461 e. The number of ether oxygens (including phenoxy) is 3. The van der Waals surface area contributed by atoms with Crippen molar-refractivity contribution in [2.45, 2.75) is 30.4 Å². The van der Waals surface area contributed by atoms with E-state index in [2.05, 4.69) is 4.72 Å². The number of carbonyl (C=O) groups excluding carboxylic acids is 1. The predicted molar refractivity (Wildman–Crippen MR) is 66.8 cm³/mol. The normalized spacial score (nSPS) is 24.8. The predicted octanol–water partition coefficient (Wildman–Crippen LogP) is 0.398. The molecule has 108 valence electrons. The minimum absolute atomic E-state index is 0.0223. The summed E-state index contributed by atoms with van der Waals surface area (Å²) in [6.07, 6.45) is 0.0368. The van der Waals surface area contributed by atoms with Gasteiger partial charge in [0.25, 0.3) is 0 Å². The number of hydrogen-bond acceptors (Lipinski definition) is 6. The Kier molecular flexibility index (Phi) is 3.06. The van der Waals surface area contributed by atoms with Crippen LogP contribution >= 0.6 is 0 Å². The SMILES string of the molecule is C[C@@H]1C[C@H](NS(=O)(=O)c2ccc3c(c2)OCO3)C(=O)O1. The molecular formula is C12H13NO6S. The van der Waals surface area contributed by atoms with Crippen LogP contribution in [0.15, 0.2) is 23.1 Å². The number of hydrogen-bond donors (Lipinski definition) is 1. The summed E-state index contributed by atoms with van der Waals surface area (Å²) in [6.45, 7) is 1.78. The lowest BCUT2D eigenvalue weighted by Crippen LogP contribution is -2.37. The van der Waals surface area contributed by atoms with Crippen LogP contribution in [0.2, 0.25) is 0 Å².